The summed E-state index contributed by atoms with van der Waals surface area (Å²) in [5, 5.41) is 3.72. The topological polar surface area (TPSA) is 24.5 Å². The van der Waals surface area contributed by atoms with Crippen molar-refractivity contribution in [1.29, 1.82) is 0 Å². The van der Waals surface area contributed by atoms with Crippen LogP contribution in [-0.2, 0) is 6.54 Å². The molecule has 3 nitrogen and oxygen atoms in total. The molecule has 1 saturated heterocycles. The average molecular weight is 427 g/mol. The van der Waals surface area contributed by atoms with Crippen molar-refractivity contribution in [1.82, 2.24) is 10.2 Å². The van der Waals surface area contributed by atoms with Gasteiger partial charge in [0.05, 0.1) is 6.61 Å². The van der Waals surface area contributed by atoms with Crippen LogP contribution in [0.3, 0.4) is 0 Å². The van der Waals surface area contributed by atoms with Crippen LogP contribution in [0.2, 0.25) is 0 Å². The van der Waals surface area contributed by atoms with Crippen molar-refractivity contribution in [2.45, 2.75) is 98.1 Å². The zero-order valence-electron chi connectivity index (χ0n) is 20.6. The Morgan fingerprint density at radius 2 is 1.81 bits per heavy atom. The fourth-order valence-corrected chi connectivity index (χ4v) is 5.35. The number of piperidine rings is 1. The number of hydrogen-bond donors (Lipinski definition) is 1. The van der Waals surface area contributed by atoms with Crippen molar-refractivity contribution in [3.05, 3.63) is 41.0 Å². The highest BCUT2D eigenvalue weighted by molar-refractivity contribution is 5.27. The molecule has 1 N–H and O–H groups in total. The van der Waals surface area contributed by atoms with Crippen LogP contribution in [-0.4, -0.2) is 37.2 Å². The number of benzene rings is 1. The van der Waals surface area contributed by atoms with E-state index in [-0.39, 0.29) is 0 Å². The summed E-state index contributed by atoms with van der Waals surface area (Å²) in [6, 6.07) is 9.19. The molecule has 0 spiro atoms. The molecule has 1 aliphatic heterocycles. The van der Waals surface area contributed by atoms with Gasteiger partial charge in [-0.05, 0) is 101 Å². The fraction of sp³-hybridized carbons (Fsp3) is 0.714. The normalized spacial score (nSPS) is 20.6. The molecule has 0 saturated carbocycles. The lowest BCUT2D eigenvalue weighted by Crippen LogP contribution is -2.31. The Kier molecular flexibility index (Phi) is 9.47. The average Bonchev–Trinajstić information content (AvgIpc) is 2.76. The van der Waals surface area contributed by atoms with Gasteiger partial charge in [0.1, 0.15) is 5.75 Å². The third-order valence-corrected chi connectivity index (χ3v) is 7.43. The van der Waals surface area contributed by atoms with Crippen LogP contribution < -0.4 is 10.1 Å². The molecule has 1 fully saturated rings. The summed E-state index contributed by atoms with van der Waals surface area (Å²) < 4.78 is 5.96. The number of ether oxygens (including phenoxy) is 1. The summed E-state index contributed by atoms with van der Waals surface area (Å²) in [6.07, 6.45) is 11.7. The van der Waals surface area contributed by atoms with E-state index in [9.17, 15) is 0 Å². The van der Waals surface area contributed by atoms with Crippen molar-refractivity contribution in [3.63, 3.8) is 0 Å². The molecular formula is C28H46N2O. The van der Waals surface area contributed by atoms with Gasteiger partial charge >= 0.3 is 0 Å². The molecule has 1 aromatic rings. The van der Waals surface area contributed by atoms with Crippen LogP contribution in [0.5, 0.6) is 5.75 Å². The summed E-state index contributed by atoms with van der Waals surface area (Å²) in [5.74, 6) is 0.998. The molecule has 0 radical (unpaired) electrons. The SMILES string of the molecule is CC1=C(CC[C@@H](C)NCc2ccc(OCCCN3CCCCC3)cc2)C(C)(C)CCC1. The third kappa shape index (κ3) is 7.95. The minimum atomic E-state index is 0.395. The van der Waals surface area contributed by atoms with Gasteiger partial charge in [-0.15, -0.1) is 0 Å². The van der Waals surface area contributed by atoms with Crippen LogP contribution in [0, 0.1) is 5.41 Å². The second kappa shape index (κ2) is 12.1. The maximum Gasteiger partial charge on any atom is 0.119 e. The lowest BCUT2D eigenvalue weighted by Gasteiger charge is -2.35. The summed E-state index contributed by atoms with van der Waals surface area (Å²) in [7, 11) is 0. The Bertz CT molecular complexity index is 685. The molecule has 3 heteroatoms. The van der Waals surface area contributed by atoms with Crippen molar-refractivity contribution < 1.29 is 4.74 Å². The molecule has 174 valence electrons. The van der Waals surface area contributed by atoms with E-state index in [0.29, 0.717) is 11.5 Å². The lowest BCUT2D eigenvalue weighted by molar-refractivity contribution is 0.205. The zero-order valence-corrected chi connectivity index (χ0v) is 20.6. The van der Waals surface area contributed by atoms with E-state index in [0.717, 1.165) is 25.3 Å². The van der Waals surface area contributed by atoms with E-state index < -0.39 is 0 Å². The Morgan fingerprint density at radius 3 is 2.52 bits per heavy atom. The fourth-order valence-electron chi connectivity index (χ4n) is 5.35. The van der Waals surface area contributed by atoms with Gasteiger partial charge in [-0.1, -0.05) is 43.5 Å². The molecule has 0 bridgehead atoms. The van der Waals surface area contributed by atoms with Crippen LogP contribution in [0.25, 0.3) is 0 Å². The Balaban J connectivity index is 1.33. The second-order valence-electron chi connectivity index (χ2n) is 10.6. The molecule has 2 aliphatic rings. The van der Waals surface area contributed by atoms with Gasteiger partial charge in [0.25, 0.3) is 0 Å². The predicted octanol–water partition coefficient (Wildman–Crippen LogP) is 6.73. The molecular weight excluding hydrogens is 380 g/mol. The maximum atomic E-state index is 5.96. The zero-order chi connectivity index (χ0) is 22.1. The third-order valence-electron chi connectivity index (χ3n) is 7.43. The molecule has 1 atom stereocenters. The first-order chi connectivity index (χ1) is 14.9. The quantitative estimate of drug-likeness (QED) is 0.314. The number of rotatable bonds is 11. The minimum absolute atomic E-state index is 0.395. The van der Waals surface area contributed by atoms with E-state index in [1.807, 2.05) is 0 Å². The van der Waals surface area contributed by atoms with Gasteiger partial charge in [-0.25, -0.2) is 0 Å². The van der Waals surface area contributed by atoms with Crippen LogP contribution >= 0.6 is 0 Å². The number of nitrogens with zero attached hydrogens (tertiary/aromatic N) is 1. The van der Waals surface area contributed by atoms with Crippen LogP contribution in [0.1, 0.15) is 91.0 Å². The van der Waals surface area contributed by atoms with E-state index >= 15 is 0 Å². The standard InChI is InChI=1S/C28H46N2O/c1-23-10-8-17-28(3,4)27(23)16-11-24(2)29-22-25-12-14-26(15-13-25)31-21-9-20-30-18-6-5-7-19-30/h12-15,24,29H,5-11,16-22H2,1-4H3/t24-/m1/s1. The van der Waals surface area contributed by atoms with E-state index in [4.69, 9.17) is 4.74 Å². The van der Waals surface area contributed by atoms with Crippen LogP contribution in [0.4, 0.5) is 0 Å². The molecule has 1 aliphatic carbocycles. The molecule has 31 heavy (non-hydrogen) atoms. The first kappa shape index (κ1) is 24.3. The highest BCUT2D eigenvalue weighted by Crippen LogP contribution is 2.42. The molecule has 0 unspecified atom stereocenters. The highest BCUT2D eigenvalue weighted by Gasteiger charge is 2.28. The Labute approximate surface area is 191 Å². The van der Waals surface area contributed by atoms with Gasteiger partial charge < -0.3 is 15.0 Å². The smallest absolute Gasteiger partial charge is 0.119 e. The van der Waals surface area contributed by atoms with Gasteiger partial charge in [0, 0.05) is 19.1 Å². The number of likely N-dealkylation sites (tertiary alicyclic amines) is 1. The summed E-state index contributed by atoms with van der Waals surface area (Å²) in [4.78, 5) is 2.58. The van der Waals surface area contributed by atoms with Gasteiger partial charge in [0.15, 0.2) is 0 Å². The monoisotopic (exact) mass is 426 g/mol. The van der Waals surface area contributed by atoms with Crippen molar-refractivity contribution in [2.24, 2.45) is 5.41 Å². The van der Waals surface area contributed by atoms with Crippen molar-refractivity contribution in [2.75, 3.05) is 26.2 Å². The molecule has 3 rings (SSSR count). The Morgan fingerprint density at radius 1 is 1.06 bits per heavy atom. The summed E-state index contributed by atoms with van der Waals surface area (Å²) >= 11 is 0. The second-order valence-corrected chi connectivity index (χ2v) is 10.6. The van der Waals surface area contributed by atoms with Crippen molar-refractivity contribution >= 4 is 0 Å². The van der Waals surface area contributed by atoms with Crippen LogP contribution in [0.15, 0.2) is 35.4 Å². The van der Waals surface area contributed by atoms with Gasteiger partial charge in [0.2, 0.25) is 0 Å². The first-order valence-corrected chi connectivity index (χ1v) is 12.8. The van der Waals surface area contributed by atoms with Crippen molar-refractivity contribution in [3.8, 4) is 5.75 Å². The number of hydrogen-bond acceptors (Lipinski definition) is 3. The largest absolute Gasteiger partial charge is 0.494 e. The maximum absolute atomic E-state index is 5.96. The molecule has 1 heterocycles. The minimum Gasteiger partial charge on any atom is -0.494 e. The number of nitrogens with one attached hydrogen (secondary N) is 1. The molecule has 0 aromatic heterocycles. The predicted molar refractivity (Wildman–Crippen MR) is 133 cm³/mol. The molecule has 0 amide bonds. The first-order valence-electron chi connectivity index (χ1n) is 12.8. The summed E-state index contributed by atoms with van der Waals surface area (Å²) in [6.45, 7) is 15.0. The lowest BCUT2D eigenvalue weighted by atomic mass is 9.71. The van der Waals surface area contributed by atoms with Gasteiger partial charge in [-0.3, -0.25) is 0 Å². The summed E-state index contributed by atoms with van der Waals surface area (Å²) in [5.41, 5.74) is 5.09. The molecule has 1 aromatic carbocycles. The highest BCUT2D eigenvalue weighted by atomic mass is 16.5. The van der Waals surface area contributed by atoms with E-state index in [1.54, 1.807) is 11.1 Å². The van der Waals surface area contributed by atoms with E-state index in [1.165, 1.54) is 76.6 Å². The van der Waals surface area contributed by atoms with Gasteiger partial charge in [-0.2, -0.15) is 0 Å². The van der Waals surface area contributed by atoms with E-state index in [2.05, 4.69) is 62.2 Å². The Hall–Kier alpha value is -1.32. The number of allylic oxidation sites excluding steroid dienone is 2.